The van der Waals surface area contributed by atoms with Gasteiger partial charge in [0.15, 0.2) is 0 Å². The number of hydrogen-bond acceptors (Lipinski definition) is 5. The van der Waals surface area contributed by atoms with Crippen LogP contribution in [0.3, 0.4) is 0 Å². The number of hydrogen-bond donors (Lipinski definition) is 1. The summed E-state index contributed by atoms with van der Waals surface area (Å²) in [5, 5.41) is 9.85. The van der Waals surface area contributed by atoms with E-state index in [2.05, 4.69) is 56.5 Å². The van der Waals surface area contributed by atoms with Crippen LogP contribution in [-0.4, -0.2) is 43.1 Å². The van der Waals surface area contributed by atoms with Crippen LogP contribution in [0.2, 0.25) is 0 Å². The number of aromatic nitrogens is 3. The van der Waals surface area contributed by atoms with Gasteiger partial charge in [-0.05, 0) is 47.2 Å². The molecule has 1 aliphatic rings. The molecule has 178 valence electrons. The van der Waals surface area contributed by atoms with Gasteiger partial charge in [0.05, 0.1) is 13.0 Å². The van der Waals surface area contributed by atoms with Crippen LogP contribution in [0.1, 0.15) is 34.9 Å². The third kappa shape index (κ3) is 4.73. The number of nitrogens with zero attached hydrogens (tertiary/aromatic N) is 4. The van der Waals surface area contributed by atoms with E-state index < -0.39 is 6.16 Å². The van der Waals surface area contributed by atoms with E-state index in [1.807, 2.05) is 17.2 Å². The lowest BCUT2D eigenvalue weighted by Gasteiger charge is -2.29. The maximum Gasteiger partial charge on any atom is 0.512 e. The molecule has 1 aromatic carbocycles. The van der Waals surface area contributed by atoms with Gasteiger partial charge in [0.1, 0.15) is 5.65 Å². The Morgan fingerprint density at radius 1 is 1.06 bits per heavy atom. The van der Waals surface area contributed by atoms with Gasteiger partial charge < -0.3 is 19.3 Å². The molecule has 0 radical (unpaired) electrons. The van der Waals surface area contributed by atoms with E-state index in [9.17, 15) is 9.59 Å². The first kappa shape index (κ1) is 22.6. The quantitative estimate of drug-likeness (QED) is 0.424. The zero-order chi connectivity index (χ0) is 24.4. The fourth-order valence-electron chi connectivity index (χ4n) is 4.73. The molecule has 0 saturated carbocycles. The Labute approximate surface area is 202 Å². The number of aryl methyl sites for hydroxylation is 1. The highest BCUT2D eigenvalue weighted by Crippen LogP contribution is 2.31. The van der Waals surface area contributed by atoms with Crippen LogP contribution in [0.4, 0.5) is 4.79 Å². The molecule has 0 atom stereocenters. The topological polar surface area (TPSA) is 97.6 Å². The third-order valence-electron chi connectivity index (χ3n) is 6.45. The second-order valence-corrected chi connectivity index (χ2v) is 8.67. The average molecular weight is 471 g/mol. The molecule has 4 heterocycles. The minimum Gasteiger partial charge on any atom is -0.449 e. The minimum absolute atomic E-state index is 0.00194. The molecule has 5 rings (SSSR count). The standard InChI is InChI=1S/C27H26N4O4/c1-2-18-5-3-6-20(13-18)16-31-23-17-30(12-10-21(23)22-7-4-11-28-26(22)31)25(32)14-19-8-9-24(29-15-19)35-27(33)34/h3-9,11,13,15H,2,10,12,14,16-17H2,1H3,(H,33,34). The van der Waals surface area contributed by atoms with Crippen molar-refractivity contribution in [1.29, 1.82) is 0 Å². The largest absolute Gasteiger partial charge is 0.512 e. The van der Waals surface area contributed by atoms with Crippen LogP contribution in [-0.2, 0) is 37.1 Å². The second kappa shape index (κ2) is 9.58. The number of carboxylic acid groups (broad SMARTS) is 1. The lowest BCUT2D eigenvalue weighted by molar-refractivity contribution is -0.131. The molecule has 0 bridgehead atoms. The van der Waals surface area contributed by atoms with Crippen LogP contribution >= 0.6 is 0 Å². The summed E-state index contributed by atoms with van der Waals surface area (Å²) in [6.07, 6.45) is 3.82. The van der Waals surface area contributed by atoms with Crippen molar-refractivity contribution in [1.82, 2.24) is 19.4 Å². The summed E-state index contributed by atoms with van der Waals surface area (Å²) in [6.45, 7) is 4.01. The molecular formula is C27H26N4O4. The van der Waals surface area contributed by atoms with E-state index in [0.29, 0.717) is 25.2 Å². The van der Waals surface area contributed by atoms with E-state index in [1.54, 1.807) is 6.07 Å². The number of rotatable bonds is 6. The van der Waals surface area contributed by atoms with Crippen molar-refractivity contribution in [2.24, 2.45) is 0 Å². The number of pyridine rings is 2. The summed E-state index contributed by atoms with van der Waals surface area (Å²) in [6, 6.07) is 15.8. The first-order valence-corrected chi connectivity index (χ1v) is 11.7. The SMILES string of the molecule is CCc1cccc(Cn2c3c(c4cccnc42)CCN(C(=O)Cc2ccc(OC(=O)O)nc2)C3)c1. The monoisotopic (exact) mass is 470 g/mol. The van der Waals surface area contributed by atoms with Crippen LogP contribution in [0.25, 0.3) is 11.0 Å². The number of benzene rings is 1. The van der Waals surface area contributed by atoms with Crippen LogP contribution < -0.4 is 4.74 Å². The number of fused-ring (bicyclic) bond motifs is 3. The highest BCUT2D eigenvalue weighted by atomic mass is 16.7. The fourth-order valence-corrected chi connectivity index (χ4v) is 4.73. The summed E-state index contributed by atoms with van der Waals surface area (Å²) in [5.41, 5.74) is 6.56. The molecule has 0 fully saturated rings. The zero-order valence-electron chi connectivity index (χ0n) is 19.5. The number of carbonyl (C=O) groups excluding carboxylic acids is 1. The molecule has 8 heteroatoms. The van der Waals surface area contributed by atoms with E-state index in [4.69, 9.17) is 5.11 Å². The molecule has 35 heavy (non-hydrogen) atoms. The molecule has 8 nitrogen and oxygen atoms in total. The van der Waals surface area contributed by atoms with Crippen LogP contribution in [0, 0.1) is 0 Å². The Morgan fingerprint density at radius 3 is 2.69 bits per heavy atom. The molecule has 0 aliphatic carbocycles. The van der Waals surface area contributed by atoms with Crippen molar-refractivity contribution in [3.05, 3.63) is 88.9 Å². The van der Waals surface area contributed by atoms with Gasteiger partial charge in [-0.15, -0.1) is 0 Å². The number of carbonyl (C=O) groups is 2. The normalized spacial score (nSPS) is 13.0. The molecule has 0 saturated heterocycles. The zero-order valence-corrected chi connectivity index (χ0v) is 19.5. The van der Waals surface area contributed by atoms with Gasteiger partial charge in [0.25, 0.3) is 0 Å². The summed E-state index contributed by atoms with van der Waals surface area (Å²) in [4.78, 5) is 34.3. The van der Waals surface area contributed by atoms with E-state index in [1.165, 1.54) is 29.0 Å². The van der Waals surface area contributed by atoms with Gasteiger partial charge in [-0.2, -0.15) is 0 Å². The van der Waals surface area contributed by atoms with Gasteiger partial charge in [-0.3, -0.25) is 4.79 Å². The Hall–Kier alpha value is -4.20. The summed E-state index contributed by atoms with van der Waals surface area (Å²) in [5.74, 6) is -0.0115. The van der Waals surface area contributed by atoms with Gasteiger partial charge in [-0.25, -0.2) is 14.8 Å². The first-order chi connectivity index (χ1) is 17.0. The Kier molecular flexibility index (Phi) is 6.18. The predicted octanol–water partition coefficient (Wildman–Crippen LogP) is 4.23. The molecular weight excluding hydrogens is 444 g/mol. The first-order valence-electron chi connectivity index (χ1n) is 11.7. The van der Waals surface area contributed by atoms with Crippen molar-refractivity contribution in [2.75, 3.05) is 6.54 Å². The highest BCUT2D eigenvalue weighted by molar-refractivity contribution is 5.84. The summed E-state index contributed by atoms with van der Waals surface area (Å²) >= 11 is 0. The van der Waals surface area contributed by atoms with Gasteiger partial charge in [0, 0.05) is 42.6 Å². The van der Waals surface area contributed by atoms with Crippen molar-refractivity contribution >= 4 is 23.1 Å². The Balaban J connectivity index is 1.39. The van der Waals surface area contributed by atoms with Crippen molar-refractivity contribution in [2.45, 2.75) is 39.3 Å². The van der Waals surface area contributed by atoms with Gasteiger partial charge >= 0.3 is 6.16 Å². The molecule has 1 N–H and O–H groups in total. The molecule has 1 aliphatic heterocycles. The second-order valence-electron chi connectivity index (χ2n) is 8.67. The summed E-state index contributed by atoms with van der Waals surface area (Å²) in [7, 11) is 0. The van der Waals surface area contributed by atoms with Crippen molar-refractivity contribution in [3.63, 3.8) is 0 Å². The van der Waals surface area contributed by atoms with Crippen LogP contribution in [0.15, 0.2) is 60.9 Å². The third-order valence-corrected chi connectivity index (χ3v) is 6.45. The Bertz CT molecular complexity index is 1390. The molecule has 3 aromatic heterocycles. The minimum atomic E-state index is -1.42. The number of amides is 1. The van der Waals surface area contributed by atoms with Crippen LogP contribution in [0.5, 0.6) is 5.88 Å². The van der Waals surface area contributed by atoms with E-state index in [-0.39, 0.29) is 18.2 Å². The van der Waals surface area contributed by atoms with E-state index in [0.717, 1.165) is 29.6 Å². The molecule has 0 unspecified atom stereocenters. The predicted molar refractivity (Wildman–Crippen MR) is 130 cm³/mol. The molecule has 1 amide bonds. The van der Waals surface area contributed by atoms with Gasteiger partial charge in [-0.1, -0.05) is 37.3 Å². The van der Waals surface area contributed by atoms with Crippen molar-refractivity contribution in [3.8, 4) is 5.88 Å². The summed E-state index contributed by atoms with van der Waals surface area (Å²) < 4.78 is 6.78. The highest BCUT2D eigenvalue weighted by Gasteiger charge is 2.27. The molecule has 4 aromatic rings. The number of ether oxygens (including phenoxy) is 1. The maximum atomic E-state index is 13.2. The fraction of sp³-hybridized carbons (Fsp3) is 0.259. The average Bonchev–Trinajstić information content (AvgIpc) is 3.18. The smallest absolute Gasteiger partial charge is 0.449 e. The maximum absolute atomic E-state index is 13.2. The van der Waals surface area contributed by atoms with Gasteiger partial charge in [0.2, 0.25) is 11.8 Å². The lowest BCUT2D eigenvalue weighted by atomic mass is 10.0. The molecule has 0 spiro atoms. The lowest BCUT2D eigenvalue weighted by Crippen LogP contribution is -2.37. The van der Waals surface area contributed by atoms with Crippen molar-refractivity contribution < 1.29 is 19.4 Å². The van der Waals surface area contributed by atoms with E-state index >= 15 is 0 Å². The Morgan fingerprint density at radius 2 is 1.91 bits per heavy atom.